The van der Waals surface area contributed by atoms with Gasteiger partial charge in [0.1, 0.15) is 5.72 Å². The minimum Gasteiger partial charge on any atom is -0.374 e. The van der Waals surface area contributed by atoms with Gasteiger partial charge in [-0.2, -0.15) is 0 Å². The van der Waals surface area contributed by atoms with E-state index in [2.05, 4.69) is 0 Å². The Morgan fingerprint density at radius 3 is 2.30 bits per heavy atom. The lowest BCUT2D eigenvalue weighted by molar-refractivity contribution is -0.00820. The fraction of sp³-hybridized carbons (Fsp3) is 1.00. The van der Waals surface area contributed by atoms with Crippen molar-refractivity contribution in [3.63, 3.8) is 0 Å². The molecule has 0 bridgehead atoms. The molecule has 1 aliphatic rings. The average Bonchev–Trinajstić information content (AvgIpc) is 1.77. The molecule has 2 unspecified atom stereocenters. The molecule has 0 aromatic heterocycles. The number of halogens is 1. The molecule has 4 heteroatoms. The van der Waals surface area contributed by atoms with Crippen molar-refractivity contribution in [3.05, 3.63) is 0 Å². The summed E-state index contributed by atoms with van der Waals surface area (Å²) in [6, 6.07) is -0.216. The first-order valence-electron chi connectivity index (χ1n) is 3.40. The third kappa shape index (κ3) is 2.09. The Morgan fingerprint density at radius 1 is 1.40 bits per heavy atom. The minimum absolute atomic E-state index is 0. The van der Waals surface area contributed by atoms with Gasteiger partial charge in [-0.1, -0.05) is 6.42 Å². The molecule has 0 radical (unpaired) electrons. The van der Waals surface area contributed by atoms with Crippen molar-refractivity contribution in [2.75, 3.05) is 0 Å². The Hall–Kier alpha value is 0.170. The van der Waals surface area contributed by atoms with Crippen molar-refractivity contribution in [2.24, 2.45) is 11.5 Å². The van der Waals surface area contributed by atoms with Gasteiger partial charge in [0.05, 0.1) is 0 Å². The summed E-state index contributed by atoms with van der Waals surface area (Å²) in [7, 11) is 0. The summed E-state index contributed by atoms with van der Waals surface area (Å²) in [5.74, 6) is 0. The van der Waals surface area contributed by atoms with Crippen LogP contribution in [0.2, 0.25) is 0 Å². The van der Waals surface area contributed by atoms with Crippen molar-refractivity contribution >= 4 is 12.4 Å². The van der Waals surface area contributed by atoms with Crippen molar-refractivity contribution in [1.29, 1.82) is 0 Å². The van der Waals surface area contributed by atoms with E-state index in [0.717, 1.165) is 19.3 Å². The van der Waals surface area contributed by atoms with Crippen LogP contribution < -0.4 is 11.5 Å². The molecule has 0 aliphatic heterocycles. The highest BCUT2D eigenvalue weighted by Gasteiger charge is 2.31. The van der Waals surface area contributed by atoms with Crippen molar-refractivity contribution in [2.45, 2.75) is 37.5 Å². The summed E-state index contributed by atoms with van der Waals surface area (Å²) >= 11 is 0. The fourth-order valence-corrected chi connectivity index (χ4v) is 1.21. The minimum atomic E-state index is -1.09. The average molecular weight is 167 g/mol. The Bertz CT molecular complexity index is 108. The van der Waals surface area contributed by atoms with Crippen molar-refractivity contribution in [1.82, 2.24) is 0 Å². The van der Waals surface area contributed by atoms with Gasteiger partial charge in [0.2, 0.25) is 0 Å². The lowest BCUT2D eigenvalue weighted by Gasteiger charge is -2.33. The largest absolute Gasteiger partial charge is 0.374 e. The van der Waals surface area contributed by atoms with Crippen LogP contribution in [0.25, 0.3) is 0 Å². The number of hydrogen-bond donors (Lipinski definition) is 3. The molecule has 5 N–H and O–H groups in total. The molecule has 1 rings (SSSR count). The molecule has 0 spiro atoms. The zero-order valence-corrected chi connectivity index (χ0v) is 6.73. The van der Waals surface area contributed by atoms with Crippen molar-refractivity contribution in [3.8, 4) is 0 Å². The topological polar surface area (TPSA) is 72.3 Å². The predicted molar refractivity (Wildman–Crippen MR) is 42.8 cm³/mol. The summed E-state index contributed by atoms with van der Waals surface area (Å²) in [6.45, 7) is 0. The van der Waals surface area contributed by atoms with E-state index in [-0.39, 0.29) is 18.4 Å². The van der Waals surface area contributed by atoms with Crippen LogP contribution in [0.4, 0.5) is 0 Å². The Morgan fingerprint density at radius 2 is 2.00 bits per heavy atom. The van der Waals surface area contributed by atoms with E-state index in [4.69, 9.17) is 11.5 Å². The molecular formula is C6H15ClN2O. The van der Waals surface area contributed by atoms with E-state index in [1.807, 2.05) is 0 Å². The fourth-order valence-electron chi connectivity index (χ4n) is 1.21. The highest BCUT2D eigenvalue weighted by molar-refractivity contribution is 5.85. The molecule has 10 heavy (non-hydrogen) atoms. The lowest BCUT2D eigenvalue weighted by Crippen LogP contribution is -2.56. The summed E-state index contributed by atoms with van der Waals surface area (Å²) < 4.78 is 0. The van der Waals surface area contributed by atoms with Crippen LogP contribution in [-0.4, -0.2) is 16.9 Å². The molecule has 0 aromatic carbocycles. The third-order valence-corrected chi connectivity index (χ3v) is 1.98. The maximum Gasteiger partial charge on any atom is 0.128 e. The molecular weight excluding hydrogens is 152 g/mol. The predicted octanol–water partition coefficient (Wildman–Crippen LogP) is -0.0432. The zero-order chi connectivity index (χ0) is 6.91. The summed E-state index contributed by atoms with van der Waals surface area (Å²) in [5.41, 5.74) is 9.90. The standard InChI is InChI=1S/C6H14N2O.ClH/c7-5-3-1-2-4-6(5,8)9;/h5,9H,1-4,7-8H2;1H. The van der Waals surface area contributed by atoms with Crippen LogP contribution in [0.15, 0.2) is 0 Å². The first-order chi connectivity index (χ1) is 4.13. The molecule has 0 saturated heterocycles. The van der Waals surface area contributed by atoms with Crippen LogP contribution in [0, 0.1) is 0 Å². The van der Waals surface area contributed by atoms with Crippen LogP contribution in [0.1, 0.15) is 25.7 Å². The van der Waals surface area contributed by atoms with Crippen LogP contribution in [-0.2, 0) is 0 Å². The molecule has 2 atom stereocenters. The van der Waals surface area contributed by atoms with Gasteiger partial charge >= 0.3 is 0 Å². The number of aliphatic hydroxyl groups is 1. The number of nitrogens with two attached hydrogens (primary N) is 2. The van der Waals surface area contributed by atoms with Crippen molar-refractivity contribution < 1.29 is 5.11 Å². The second kappa shape index (κ2) is 3.53. The molecule has 1 fully saturated rings. The van der Waals surface area contributed by atoms with Gasteiger partial charge < -0.3 is 16.6 Å². The van der Waals surface area contributed by atoms with E-state index in [9.17, 15) is 5.11 Å². The SMILES string of the molecule is Cl.NC1CCCCC1(N)O. The monoisotopic (exact) mass is 166 g/mol. The van der Waals surface area contributed by atoms with E-state index in [1.165, 1.54) is 0 Å². The first kappa shape index (κ1) is 10.2. The molecule has 0 aromatic rings. The molecule has 0 amide bonds. The van der Waals surface area contributed by atoms with Gasteiger partial charge in [-0.05, 0) is 19.3 Å². The Kier molecular flexibility index (Phi) is 3.59. The van der Waals surface area contributed by atoms with Crippen LogP contribution in [0.3, 0.4) is 0 Å². The number of rotatable bonds is 0. The van der Waals surface area contributed by atoms with Gasteiger partial charge in [0.15, 0.2) is 0 Å². The molecule has 62 valence electrons. The zero-order valence-electron chi connectivity index (χ0n) is 5.92. The second-order valence-electron chi connectivity index (χ2n) is 2.84. The molecule has 3 nitrogen and oxygen atoms in total. The van der Waals surface area contributed by atoms with E-state index >= 15 is 0 Å². The van der Waals surface area contributed by atoms with E-state index in [1.54, 1.807) is 0 Å². The van der Waals surface area contributed by atoms with Crippen LogP contribution in [0.5, 0.6) is 0 Å². The quantitative estimate of drug-likeness (QED) is 0.442. The van der Waals surface area contributed by atoms with E-state index in [0.29, 0.717) is 6.42 Å². The van der Waals surface area contributed by atoms with Crippen LogP contribution >= 0.6 is 12.4 Å². The maximum atomic E-state index is 9.30. The maximum absolute atomic E-state index is 9.30. The Labute approximate surface area is 67.2 Å². The first-order valence-corrected chi connectivity index (χ1v) is 3.40. The van der Waals surface area contributed by atoms with Gasteiger partial charge in [0, 0.05) is 6.04 Å². The normalized spacial score (nSPS) is 40.5. The third-order valence-electron chi connectivity index (χ3n) is 1.98. The lowest BCUT2D eigenvalue weighted by atomic mass is 9.88. The Balaban J connectivity index is 0.000000810. The molecule has 1 saturated carbocycles. The highest BCUT2D eigenvalue weighted by atomic mass is 35.5. The van der Waals surface area contributed by atoms with Gasteiger partial charge in [-0.3, -0.25) is 0 Å². The molecule has 0 heterocycles. The smallest absolute Gasteiger partial charge is 0.128 e. The molecule has 1 aliphatic carbocycles. The van der Waals surface area contributed by atoms with E-state index < -0.39 is 5.72 Å². The van der Waals surface area contributed by atoms with Gasteiger partial charge in [0.25, 0.3) is 0 Å². The van der Waals surface area contributed by atoms with Gasteiger partial charge in [-0.25, -0.2) is 0 Å². The number of hydrogen-bond acceptors (Lipinski definition) is 3. The summed E-state index contributed by atoms with van der Waals surface area (Å²) in [6.07, 6.45) is 3.60. The second-order valence-corrected chi connectivity index (χ2v) is 2.84. The summed E-state index contributed by atoms with van der Waals surface area (Å²) in [4.78, 5) is 0. The van der Waals surface area contributed by atoms with Gasteiger partial charge in [-0.15, -0.1) is 12.4 Å². The summed E-state index contributed by atoms with van der Waals surface area (Å²) in [5, 5.41) is 9.30. The highest BCUT2D eigenvalue weighted by Crippen LogP contribution is 2.21.